The Hall–Kier alpha value is -0.790. The number of nitrogens with one attached hydrogen (secondary N) is 1. The van der Waals surface area contributed by atoms with Crippen molar-refractivity contribution in [1.82, 2.24) is 0 Å². The van der Waals surface area contributed by atoms with Crippen LogP contribution in [0.3, 0.4) is 0 Å². The van der Waals surface area contributed by atoms with Gasteiger partial charge in [0.2, 0.25) is 0 Å². The van der Waals surface area contributed by atoms with Crippen LogP contribution >= 0.6 is 7.52 Å². The van der Waals surface area contributed by atoms with Crippen molar-refractivity contribution >= 4 is 13.2 Å². The standard InChI is InChI=1S/C9H14NO2P.C2H6/c1-8-5-4-6-9(7-8)10-13(3,11)12-2;1-2/h4-7H,1-3H3,(H,10,11);1-2H3. The highest BCUT2D eigenvalue weighted by Crippen LogP contribution is 2.41. The van der Waals surface area contributed by atoms with Gasteiger partial charge in [-0.2, -0.15) is 0 Å². The van der Waals surface area contributed by atoms with Gasteiger partial charge in [0.05, 0.1) is 0 Å². The molecule has 0 saturated carbocycles. The molecule has 0 radical (unpaired) electrons. The molecule has 4 heteroatoms. The second-order valence-electron chi connectivity index (χ2n) is 3.01. The first kappa shape index (κ1) is 14.2. The SMILES string of the molecule is CC.COP(C)(=O)Nc1cccc(C)c1. The van der Waals surface area contributed by atoms with Gasteiger partial charge in [-0.1, -0.05) is 26.0 Å². The van der Waals surface area contributed by atoms with Crippen LogP contribution in [0.1, 0.15) is 19.4 Å². The minimum atomic E-state index is -2.67. The summed E-state index contributed by atoms with van der Waals surface area (Å²) >= 11 is 0. The summed E-state index contributed by atoms with van der Waals surface area (Å²) in [5.74, 6) is 0. The molecule has 0 bridgehead atoms. The normalized spacial score (nSPS) is 13.4. The van der Waals surface area contributed by atoms with E-state index in [1.54, 1.807) is 6.66 Å². The molecule has 1 rings (SSSR count). The van der Waals surface area contributed by atoms with E-state index in [9.17, 15) is 4.57 Å². The summed E-state index contributed by atoms with van der Waals surface area (Å²) in [6.45, 7) is 7.54. The fourth-order valence-electron chi connectivity index (χ4n) is 0.995. The molecule has 86 valence electrons. The van der Waals surface area contributed by atoms with Gasteiger partial charge in [0, 0.05) is 19.5 Å². The van der Waals surface area contributed by atoms with Crippen molar-refractivity contribution in [1.29, 1.82) is 0 Å². The predicted octanol–water partition coefficient (Wildman–Crippen LogP) is 3.90. The molecule has 0 aliphatic heterocycles. The van der Waals surface area contributed by atoms with Crippen LogP contribution in [0.4, 0.5) is 5.69 Å². The molecule has 15 heavy (non-hydrogen) atoms. The lowest BCUT2D eigenvalue weighted by molar-refractivity contribution is 0.403. The smallest absolute Gasteiger partial charge is 0.290 e. The molecule has 0 aliphatic rings. The maximum Gasteiger partial charge on any atom is 0.290 e. The predicted molar refractivity (Wildman–Crippen MR) is 66.7 cm³/mol. The Labute approximate surface area is 92.4 Å². The van der Waals surface area contributed by atoms with Crippen LogP contribution in [0.2, 0.25) is 0 Å². The molecule has 1 aromatic rings. The highest BCUT2D eigenvalue weighted by molar-refractivity contribution is 7.59. The first-order chi connectivity index (χ1) is 7.03. The van der Waals surface area contributed by atoms with Crippen LogP contribution < -0.4 is 5.09 Å². The number of hydrogen-bond donors (Lipinski definition) is 1. The largest absolute Gasteiger partial charge is 0.317 e. The van der Waals surface area contributed by atoms with Crippen molar-refractivity contribution in [2.75, 3.05) is 18.9 Å². The van der Waals surface area contributed by atoms with Gasteiger partial charge in [-0.15, -0.1) is 0 Å². The number of benzene rings is 1. The zero-order chi connectivity index (χ0) is 11.9. The molecule has 1 atom stereocenters. The van der Waals surface area contributed by atoms with Crippen LogP contribution in [0.5, 0.6) is 0 Å². The Morgan fingerprint density at radius 3 is 2.40 bits per heavy atom. The minimum absolute atomic E-state index is 0.827. The summed E-state index contributed by atoms with van der Waals surface area (Å²) < 4.78 is 16.4. The quantitative estimate of drug-likeness (QED) is 0.799. The third-order valence-corrected chi connectivity index (χ3v) is 3.06. The van der Waals surface area contributed by atoms with E-state index in [0.717, 1.165) is 11.3 Å². The maximum absolute atomic E-state index is 11.5. The first-order valence-electron chi connectivity index (χ1n) is 5.02. The molecule has 0 amide bonds. The lowest BCUT2D eigenvalue weighted by atomic mass is 10.2. The van der Waals surface area contributed by atoms with Crippen molar-refractivity contribution in [3.05, 3.63) is 29.8 Å². The van der Waals surface area contributed by atoms with Crippen molar-refractivity contribution in [3.8, 4) is 0 Å². The highest BCUT2D eigenvalue weighted by atomic mass is 31.2. The molecular weight excluding hydrogens is 209 g/mol. The van der Waals surface area contributed by atoms with Gasteiger partial charge in [-0.25, -0.2) is 0 Å². The van der Waals surface area contributed by atoms with Gasteiger partial charge in [-0.05, 0) is 24.6 Å². The number of rotatable bonds is 3. The Bertz CT molecular complexity index is 339. The average molecular weight is 229 g/mol. The molecule has 0 aliphatic carbocycles. The van der Waals surface area contributed by atoms with E-state index >= 15 is 0 Å². The lowest BCUT2D eigenvalue weighted by Gasteiger charge is -2.13. The molecule has 3 nitrogen and oxygen atoms in total. The van der Waals surface area contributed by atoms with Gasteiger partial charge in [0.25, 0.3) is 7.52 Å². The second-order valence-corrected chi connectivity index (χ2v) is 5.29. The van der Waals surface area contributed by atoms with E-state index in [2.05, 4.69) is 5.09 Å². The molecule has 0 fully saturated rings. The second kappa shape index (κ2) is 6.65. The van der Waals surface area contributed by atoms with Gasteiger partial charge in [-0.3, -0.25) is 4.57 Å². The monoisotopic (exact) mass is 229 g/mol. The van der Waals surface area contributed by atoms with E-state index in [1.807, 2.05) is 45.0 Å². The van der Waals surface area contributed by atoms with Gasteiger partial charge >= 0.3 is 0 Å². The molecule has 0 heterocycles. The maximum atomic E-state index is 11.5. The van der Waals surface area contributed by atoms with Crippen molar-refractivity contribution < 1.29 is 9.09 Å². The third kappa shape index (κ3) is 5.60. The van der Waals surface area contributed by atoms with Crippen LogP contribution in [0, 0.1) is 6.92 Å². The third-order valence-electron chi connectivity index (χ3n) is 1.70. The molecule has 1 unspecified atom stereocenters. The summed E-state index contributed by atoms with van der Waals surface area (Å²) in [6, 6.07) is 7.68. The van der Waals surface area contributed by atoms with Crippen molar-refractivity contribution in [2.24, 2.45) is 0 Å². The van der Waals surface area contributed by atoms with Crippen LogP contribution in [-0.4, -0.2) is 13.8 Å². The molecular formula is C11H20NO2P. The highest BCUT2D eigenvalue weighted by Gasteiger charge is 2.12. The molecule has 0 spiro atoms. The van der Waals surface area contributed by atoms with Crippen LogP contribution in [0.25, 0.3) is 0 Å². The lowest BCUT2D eigenvalue weighted by Crippen LogP contribution is -1.96. The van der Waals surface area contributed by atoms with Crippen molar-refractivity contribution in [2.45, 2.75) is 20.8 Å². The van der Waals surface area contributed by atoms with E-state index in [-0.39, 0.29) is 0 Å². The average Bonchev–Trinajstić information content (AvgIpc) is 2.20. The summed E-state index contributed by atoms with van der Waals surface area (Å²) in [7, 11) is -1.23. The topological polar surface area (TPSA) is 38.3 Å². The molecule has 1 N–H and O–H groups in total. The van der Waals surface area contributed by atoms with Crippen LogP contribution in [0.15, 0.2) is 24.3 Å². The van der Waals surface area contributed by atoms with Crippen LogP contribution in [-0.2, 0) is 9.09 Å². The zero-order valence-electron chi connectivity index (χ0n) is 10.1. The Morgan fingerprint density at radius 1 is 1.33 bits per heavy atom. The van der Waals surface area contributed by atoms with E-state index in [4.69, 9.17) is 4.52 Å². The Morgan fingerprint density at radius 2 is 1.93 bits per heavy atom. The van der Waals surface area contributed by atoms with E-state index in [1.165, 1.54) is 7.11 Å². The number of aryl methyl sites for hydroxylation is 1. The fraction of sp³-hybridized carbons (Fsp3) is 0.455. The zero-order valence-corrected chi connectivity index (χ0v) is 11.0. The van der Waals surface area contributed by atoms with Crippen molar-refractivity contribution in [3.63, 3.8) is 0 Å². The summed E-state index contributed by atoms with van der Waals surface area (Å²) in [6.07, 6.45) is 0. The number of anilines is 1. The number of hydrogen-bond acceptors (Lipinski definition) is 2. The van der Waals surface area contributed by atoms with E-state index in [0.29, 0.717) is 0 Å². The van der Waals surface area contributed by atoms with Gasteiger partial charge in [0.15, 0.2) is 0 Å². The summed E-state index contributed by atoms with van der Waals surface area (Å²) in [5, 5.41) is 2.84. The minimum Gasteiger partial charge on any atom is -0.317 e. The molecule has 1 aromatic carbocycles. The Kier molecular flexibility index (Phi) is 6.30. The molecule has 0 aromatic heterocycles. The summed E-state index contributed by atoms with van der Waals surface area (Å²) in [4.78, 5) is 0. The fourth-order valence-corrected chi connectivity index (χ4v) is 1.69. The van der Waals surface area contributed by atoms with Gasteiger partial charge < -0.3 is 9.61 Å². The van der Waals surface area contributed by atoms with E-state index < -0.39 is 7.52 Å². The first-order valence-corrected chi connectivity index (χ1v) is 7.09. The Balaban J connectivity index is 0.000000921. The van der Waals surface area contributed by atoms with Gasteiger partial charge in [0.1, 0.15) is 0 Å². The summed E-state index contributed by atoms with van der Waals surface area (Å²) in [5.41, 5.74) is 1.95. The molecule has 0 saturated heterocycles.